The van der Waals surface area contributed by atoms with Crippen LogP contribution in [0.25, 0.3) is 0 Å². The van der Waals surface area contributed by atoms with E-state index in [4.69, 9.17) is 9.84 Å². The third kappa shape index (κ3) is 3.94. The highest BCUT2D eigenvalue weighted by atomic mass is 32.1. The Labute approximate surface area is 137 Å². The summed E-state index contributed by atoms with van der Waals surface area (Å²) in [5.41, 5.74) is 1.51. The third-order valence-corrected chi connectivity index (χ3v) is 4.49. The van der Waals surface area contributed by atoms with E-state index < -0.39 is 5.97 Å². The lowest BCUT2D eigenvalue weighted by Gasteiger charge is -2.04. The minimum Gasteiger partial charge on any atom is -0.478 e. The summed E-state index contributed by atoms with van der Waals surface area (Å²) in [6.07, 6.45) is 1.91. The molecule has 0 saturated carbocycles. The molecule has 1 aliphatic rings. The summed E-state index contributed by atoms with van der Waals surface area (Å²) in [5.74, 6) is -0.811. The van der Waals surface area contributed by atoms with Crippen molar-refractivity contribution in [1.29, 1.82) is 0 Å². The first kappa shape index (κ1) is 15.6. The minimum absolute atomic E-state index is 0.150. The number of carbonyl (C=O) groups excluding carboxylic acids is 1. The van der Waals surface area contributed by atoms with Gasteiger partial charge in [0, 0.05) is 24.2 Å². The van der Waals surface area contributed by atoms with Crippen molar-refractivity contribution in [2.45, 2.75) is 12.8 Å². The van der Waals surface area contributed by atoms with Crippen LogP contribution in [0.2, 0.25) is 0 Å². The highest BCUT2D eigenvalue weighted by molar-refractivity contribution is 7.13. The second kappa shape index (κ2) is 6.89. The fraction of sp³-hybridized carbons (Fsp3) is 0.312. The topological polar surface area (TPSA) is 88.5 Å². The number of ether oxygens (including phenoxy) is 1. The van der Waals surface area contributed by atoms with Crippen LogP contribution in [0.3, 0.4) is 0 Å². The Balaban J connectivity index is 1.61. The van der Waals surface area contributed by atoms with E-state index >= 15 is 0 Å². The first-order chi connectivity index (χ1) is 11.1. The molecule has 0 spiro atoms. The van der Waals surface area contributed by atoms with E-state index in [1.54, 1.807) is 0 Å². The monoisotopic (exact) mass is 332 g/mol. The number of rotatable bonds is 5. The van der Waals surface area contributed by atoms with Crippen LogP contribution < -0.4 is 5.32 Å². The van der Waals surface area contributed by atoms with Gasteiger partial charge in [-0.3, -0.25) is 10.1 Å². The van der Waals surface area contributed by atoms with Crippen LogP contribution in [-0.2, 0) is 11.2 Å². The summed E-state index contributed by atoms with van der Waals surface area (Å²) < 4.78 is 5.35. The minimum atomic E-state index is -1.02. The molecule has 0 bridgehead atoms. The number of carboxylic acids is 1. The molecule has 6 nitrogen and oxygen atoms in total. The number of benzene rings is 1. The maximum atomic E-state index is 12.1. The number of hydrogen-bond acceptors (Lipinski definition) is 5. The van der Waals surface area contributed by atoms with Gasteiger partial charge in [0.15, 0.2) is 5.13 Å². The highest BCUT2D eigenvalue weighted by Gasteiger charge is 2.18. The summed E-state index contributed by atoms with van der Waals surface area (Å²) >= 11 is 1.39. The largest absolute Gasteiger partial charge is 0.478 e. The van der Waals surface area contributed by atoms with Gasteiger partial charge in [-0.2, -0.15) is 0 Å². The smallest absolute Gasteiger partial charge is 0.335 e. The summed E-state index contributed by atoms with van der Waals surface area (Å²) in [6.45, 7) is 1.58. The molecule has 23 heavy (non-hydrogen) atoms. The van der Waals surface area contributed by atoms with E-state index in [-0.39, 0.29) is 11.5 Å². The summed E-state index contributed by atoms with van der Waals surface area (Å²) in [4.78, 5) is 27.4. The van der Waals surface area contributed by atoms with Gasteiger partial charge >= 0.3 is 5.97 Å². The fourth-order valence-corrected chi connectivity index (χ4v) is 3.15. The number of nitrogens with one attached hydrogen (secondary N) is 1. The average Bonchev–Trinajstić information content (AvgIpc) is 3.20. The normalized spacial score (nSPS) is 17.1. The molecule has 2 heterocycles. The molecule has 1 amide bonds. The number of thiazole rings is 1. The van der Waals surface area contributed by atoms with Crippen molar-refractivity contribution < 1.29 is 19.4 Å². The second-order valence-corrected chi connectivity index (χ2v) is 6.27. The molecular formula is C16H16N2O4S. The molecule has 2 aromatic rings. The van der Waals surface area contributed by atoms with Crippen LogP contribution in [-0.4, -0.2) is 35.2 Å². The fourth-order valence-electron chi connectivity index (χ4n) is 2.43. The molecule has 0 radical (unpaired) electrons. The Bertz CT molecular complexity index is 705. The zero-order valence-electron chi connectivity index (χ0n) is 12.3. The predicted molar refractivity (Wildman–Crippen MR) is 86.1 cm³/mol. The number of anilines is 1. The molecule has 2 N–H and O–H groups in total. The maximum Gasteiger partial charge on any atom is 0.335 e. The molecule has 1 unspecified atom stereocenters. The van der Waals surface area contributed by atoms with E-state index in [0.717, 1.165) is 31.7 Å². The van der Waals surface area contributed by atoms with Crippen molar-refractivity contribution in [2.24, 2.45) is 5.92 Å². The summed E-state index contributed by atoms with van der Waals surface area (Å²) in [5, 5.41) is 14.1. The van der Waals surface area contributed by atoms with E-state index in [0.29, 0.717) is 16.6 Å². The number of carbonyl (C=O) groups is 2. The van der Waals surface area contributed by atoms with Gasteiger partial charge in [0.25, 0.3) is 5.91 Å². The Morgan fingerprint density at radius 1 is 1.30 bits per heavy atom. The van der Waals surface area contributed by atoms with Crippen molar-refractivity contribution in [2.75, 3.05) is 18.5 Å². The first-order valence-corrected chi connectivity index (χ1v) is 8.16. The number of hydrogen-bond donors (Lipinski definition) is 2. The zero-order valence-corrected chi connectivity index (χ0v) is 13.1. The summed E-state index contributed by atoms with van der Waals surface area (Å²) in [7, 11) is 0. The lowest BCUT2D eigenvalue weighted by atomic mass is 10.0. The predicted octanol–water partition coefficient (Wildman–Crippen LogP) is 2.67. The Kier molecular flexibility index (Phi) is 4.68. The second-order valence-electron chi connectivity index (χ2n) is 5.41. The van der Waals surface area contributed by atoms with Crippen LogP contribution in [0.1, 0.15) is 32.8 Å². The van der Waals surface area contributed by atoms with Gasteiger partial charge in [0.2, 0.25) is 0 Å². The van der Waals surface area contributed by atoms with Gasteiger partial charge in [0.1, 0.15) is 0 Å². The van der Waals surface area contributed by atoms with E-state index in [1.807, 2.05) is 5.38 Å². The van der Waals surface area contributed by atoms with Gasteiger partial charge in [-0.1, -0.05) is 0 Å². The Morgan fingerprint density at radius 3 is 2.70 bits per heavy atom. The lowest BCUT2D eigenvalue weighted by Crippen LogP contribution is -2.12. The third-order valence-electron chi connectivity index (χ3n) is 3.69. The van der Waals surface area contributed by atoms with E-state index in [9.17, 15) is 9.59 Å². The molecular weight excluding hydrogens is 316 g/mol. The molecule has 0 aliphatic carbocycles. The SMILES string of the molecule is O=C(O)c1ccc(C(=O)Nc2nc(CC3CCOC3)cs2)cc1. The molecule has 1 aromatic carbocycles. The van der Waals surface area contributed by atoms with Crippen LogP contribution >= 0.6 is 11.3 Å². The van der Waals surface area contributed by atoms with Crippen molar-refractivity contribution in [3.63, 3.8) is 0 Å². The summed E-state index contributed by atoms with van der Waals surface area (Å²) in [6, 6.07) is 5.79. The molecule has 1 aromatic heterocycles. The number of carboxylic acid groups (broad SMARTS) is 1. The molecule has 1 aliphatic heterocycles. The van der Waals surface area contributed by atoms with Crippen molar-refractivity contribution >= 4 is 28.3 Å². The number of aromatic nitrogens is 1. The van der Waals surface area contributed by atoms with Gasteiger partial charge in [-0.25, -0.2) is 9.78 Å². The standard InChI is InChI=1S/C16H16N2O4S/c19-14(11-1-3-12(4-2-11)15(20)21)18-16-17-13(9-23-16)7-10-5-6-22-8-10/h1-4,9-10H,5-8H2,(H,20,21)(H,17,18,19). The van der Waals surface area contributed by atoms with Crippen molar-refractivity contribution in [1.82, 2.24) is 4.98 Å². The Hall–Kier alpha value is -2.25. The molecule has 1 fully saturated rings. The van der Waals surface area contributed by atoms with Gasteiger partial charge in [-0.05, 0) is 43.0 Å². The molecule has 7 heteroatoms. The van der Waals surface area contributed by atoms with Gasteiger partial charge in [-0.15, -0.1) is 11.3 Å². The van der Waals surface area contributed by atoms with Crippen LogP contribution in [0.5, 0.6) is 0 Å². The lowest BCUT2D eigenvalue weighted by molar-refractivity contribution is 0.0696. The highest BCUT2D eigenvalue weighted by Crippen LogP contribution is 2.22. The van der Waals surface area contributed by atoms with Crippen molar-refractivity contribution in [3.8, 4) is 0 Å². The molecule has 1 atom stereocenters. The number of amides is 1. The zero-order chi connectivity index (χ0) is 16.2. The molecule has 120 valence electrons. The van der Waals surface area contributed by atoms with Crippen LogP contribution in [0.15, 0.2) is 29.6 Å². The quantitative estimate of drug-likeness (QED) is 0.879. The Morgan fingerprint density at radius 2 is 2.04 bits per heavy atom. The molecule has 3 rings (SSSR count). The average molecular weight is 332 g/mol. The number of nitrogens with zero attached hydrogens (tertiary/aromatic N) is 1. The first-order valence-electron chi connectivity index (χ1n) is 7.28. The van der Waals surface area contributed by atoms with Crippen molar-refractivity contribution in [3.05, 3.63) is 46.5 Å². The van der Waals surface area contributed by atoms with Gasteiger partial charge < -0.3 is 9.84 Å². The van der Waals surface area contributed by atoms with Crippen LogP contribution in [0.4, 0.5) is 5.13 Å². The van der Waals surface area contributed by atoms with Crippen LogP contribution in [0, 0.1) is 5.92 Å². The molecule has 1 saturated heterocycles. The van der Waals surface area contributed by atoms with E-state index in [1.165, 1.54) is 35.6 Å². The number of aromatic carboxylic acids is 1. The maximum absolute atomic E-state index is 12.1. The van der Waals surface area contributed by atoms with E-state index in [2.05, 4.69) is 10.3 Å². The van der Waals surface area contributed by atoms with Gasteiger partial charge in [0.05, 0.1) is 11.3 Å².